The maximum absolute atomic E-state index is 11.3. The second kappa shape index (κ2) is 5.00. The summed E-state index contributed by atoms with van der Waals surface area (Å²) in [5.74, 6) is 0.188. The van der Waals surface area contributed by atoms with Gasteiger partial charge in [-0.15, -0.1) is 0 Å². The van der Waals surface area contributed by atoms with Crippen molar-refractivity contribution in [3.05, 3.63) is 0 Å². The van der Waals surface area contributed by atoms with Crippen molar-refractivity contribution in [2.45, 2.75) is 65.9 Å². The lowest BCUT2D eigenvalue weighted by Crippen LogP contribution is -2.52. The first kappa shape index (κ1) is 12.5. The molecule has 1 fully saturated rings. The number of ether oxygens (including phenoxy) is 1. The van der Waals surface area contributed by atoms with E-state index in [1.165, 1.54) is 25.7 Å². The number of hydrogen-bond acceptors (Lipinski definition) is 2. The molecule has 0 aromatic heterocycles. The van der Waals surface area contributed by atoms with Crippen molar-refractivity contribution >= 4 is 5.97 Å². The molecule has 15 heavy (non-hydrogen) atoms. The monoisotopic (exact) mass is 212 g/mol. The lowest BCUT2D eigenvalue weighted by molar-refractivity contribution is -0.199. The van der Waals surface area contributed by atoms with Crippen molar-refractivity contribution in [1.29, 1.82) is 0 Å². The van der Waals surface area contributed by atoms with Crippen LogP contribution in [-0.2, 0) is 9.53 Å². The van der Waals surface area contributed by atoms with Gasteiger partial charge in [-0.1, -0.05) is 53.4 Å². The van der Waals surface area contributed by atoms with Crippen LogP contribution in [0, 0.1) is 11.3 Å². The minimum absolute atomic E-state index is 0.0198. The fourth-order valence-corrected chi connectivity index (χ4v) is 2.19. The van der Waals surface area contributed by atoms with Crippen molar-refractivity contribution in [1.82, 2.24) is 0 Å². The van der Waals surface area contributed by atoms with Gasteiger partial charge in [-0.2, -0.15) is 0 Å². The van der Waals surface area contributed by atoms with Gasteiger partial charge < -0.3 is 4.74 Å². The van der Waals surface area contributed by atoms with E-state index >= 15 is 0 Å². The highest BCUT2D eigenvalue weighted by atomic mass is 16.6. The van der Waals surface area contributed by atoms with Gasteiger partial charge in [0.15, 0.2) is 0 Å². The number of carbonyl (C=O) groups is 1. The summed E-state index contributed by atoms with van der Waals surface area (Å²) >= 11 is 0. The van der Waals surface area contributed by atoms with E-state index in [0.29, 0.717) is 0 Å². The zero-order valence-electron chi connectivity index (χ0n) is 10.5. The molecule has 0 aromatic rings. The third-order valence-electron chi connectivity index (χ3n) is 3.13. The minimum atomic E-state index is 0.0198. The van der Waals surface area contributed by atoms with Gasteiger partial charge in [-0.25, -0.2) is 0 Å². The van der Waals surface area contributed by atoms with Crippen LogP contribution in [0.4, 0.5) is 0 Å². The van der Waals surface area contributed by atoms with Crippen LogP contribution in [0.15, 0.2) is 0 Å². The second-order valence-corrected chi connectivity index (χ2v) is 5.68. The number of carbonyl (C=O) groups excluding carboxylic acids is 1. The van der Waals surface area contributed by atoms with Crippen LogP contribution in [0.25, 0.3) is 0 Å². The third-order valence-corrected chi connectivity index (χ3v) is 3.13. The van der Waals surface area contributed by atoms with Crippen LogP contribution in [0.5, 0.6) is 0 Å². The van der Waals surface area contributed by atoms with E-state index in [9.17, 15) is 4.79 Å². The Bertz CT molecular complexity index is 215. The normalized spacial score (nSPS) is 26.0. The summed E-state index contributed by atoms with van der Waals surface area (Å²) in [5, 5.41) is 0. The summed E-state index contributed by atoms with van der Waals surface area (Å²) in [7, 11) is 0. The fourth-order valence-electron chi connectivity index (χ4n) is 2.19. The average molecular weight is 212 g/mol. The molecule has 0 aliphatic carbocycles. The zero-order chi connectivity index (χ0) is 11.5. The molecule has 0 spiro atoms. The van der Waals surface area contributed by atoms with Crippen LogP contribution >= 0.6 is 0 Å². The molecule has 0 aromatic carbocycles. The van der Waals surface area contributed by atoms with Crippen molar-refractivity contribution in [3.63, 3.8) is 0 Å². The number of esters is 1. The van der Waals surface area contributed by atoms with Gasteiger partial charge in [0, 0.05) is 0 Å². The molecule has 1 saturated heterocycles. The van der Waals surface area contributed by atoms with Gasteiger partial charge in [-0.3, -0.25) is 4.79 Å². The van der Waals surface area contributed by atoms with E-state index < -0.39 is 0 Å². The number of hydrogen-bond donors (Lipinski definition) is 0. The smallest absolute Gasteiger partial charge is 0.313 e. The van der Waals surface area contributed by atoms with Gasteiger partial charge in [0.25, 0.3) is 0 Å². The first-order valence-corrected chi connectivity index (χ1v) is 6.17. The van der Waals surface area contributed by atoms with Gasteiger partial charge in [0.1, 0.15) is 6.10 Å². The van der Waals surface area contributed by atoms with Crippen LogP contribution < -0.4 is 0 Å². The average Bonchev–Trinajstić information content (AvgIpc) is 2.12. The quantitative estimate of drug-likeness (QED) is 0.514. The Morgan fingerprint density at radius 1 is 1.20 bits per heavy atom. The van der Waals surface area contributed by atoms with Crippen LogP contribution in [0.3, 0.4) is 0 Å². The molecule has 2 nitrogen and oxygen atoms in total. The Kier molecular flexibility index (Phi) is 4.18. The Hall–Kier alpha value is -0.530. The Morgan fingerprint density at radius 2 is 1.87 bits per heavy atom. The van der Waals surface area contributed by atoms with Crippen molar-refractivity contribution < 1.29 is 9.53 Å². The van der Waals surface area contributed by atoms with Gasteiger partial charge >= 0.3 is 5.97 Å². The van der Waals surface area contributed by atoms with Crippen LogP contribution in [0.1, 0.15) is 59.8 Å². The van der Waals surface area contributed by atoms with E-state index in [2.05, 4.69) is 27.7 Å². The van der Waals surface area contributed by atoms with Gasteiger partial charge in [-0.05, 0) is 11.8 Å². The van der Waals surface area contributed by atoms with E-state index in [1.807, 2.05) is 0 Å². The lowest BCUT2D eigenvalue weighted by Gasteiger charge is -2.43. The Labute approximate surface area is 93.4 Å². The SMILES string of the molecule is CCCCCC[C@@H]1C(=O)O[C@@H]1C(C)(C)C. The van der Waals surface area contributed by atoms with E-state index in [1.54, 1.807) is 0 Å². The molecule has 2 atom stereocenters. The highest BCUT2D eigenvalue weighted by Gasteiger charge is 2.47. The maximum Gasteiger partial charge on any atom is 0.313 e. The first-order valence-electron chi connectivity index (χ1n) is 6.17. The molecule has 0 bridgehead atoms. The van der Waals surface area contributed by atoms with Gasteiger partial charge in [0.05, 0.1) is 5.92 Å². The van der Waals surface area contributed by atoms with Crippen molar-refractivity contribution in [3.8, 4) is 0 Å². The Balaban J connectivity index is 2.30. The largest absolute Gasteiger partial charge is 0.461 e. The van der Waals surface area contributed by atoms with Crippen molar-refractivity contribution in [2.24, 2.45) is 11.3 Å². The van der Waals surface area contributed by atoms with E-state index in [-0.39, 0.29) is 23.4 Å². The zero-order valence-corrected chi connectivity index (χ0v) is 10.5. The molecule has 2 heteroatoms. The molecule has 88 valence electrons. The highest BCUT2D eigenvalue weighted by molar-refractivity contribution is 5.78. The van der Waals surface area contributed by atoms with Crippen LogP contribution in [0.2, 0.25) is 0 Å². The third kappa shape index (κ3) is 3.22. The molecule has 0 N–H and O–H groups in total. The molecule has 0 saturated carbocycles. The molecule has 0 radical (unpaired) electrons. The fraction of sp³-hybridized carbons (Fsp3) is 0.923. The molecule has 1 aliphatic rings. The molecule has 1 rings (SSSR count). The molecule has 0 unspecified atom stereocenters. The molecule has 0 amide bonds. The first-order chi connectivity index (χ1) is 6.96. The van der Waals surface area contributed by atoms with E-state index in [4.69, 9.17) is 4.74 Å². The predicted molar refractivity (Wildman–Crippen MR) is 61.6 cm³/mol. The predicted octanol–water partition coefficient (Wildman–Crippen LogP) is 3.54. The lowest BCUT2D eigenvalue weighted by atomic mass is 9.76. The summed E-state index contributed by atoms with van der Waals surface area (Å²) in [6.07, 6.45) is 6.10. The minimum Gasteiger partial charge on any atom is -0.461 e. The van der Waals surface area contributed by atoms with Gasteiger partial charge in [0.2, 0.25) is 0 Å². The highest BCUT2D eigenvalue weighted by Crippen LogP contribution is 2.39. The molecule has 1 aliphatic heterocycles. The molecule has 1 heterocycles. The standard InChI is InChI=1S/C13H24O2/c1-5-6-7-8-9-10-11(13(2,3)4)15-12(10)14/h10-11H,5-9H2,1-4H3/t10-,11-/m0/s1. The maximum atomic E-state index is 11.3. The summed E-state index contributed by atoms with van der Waals surface area (Å²) in [6.45, 7) is 8.63. The number of rotatable bonds is 5. The summed E-state index contributed by atoms with van der Waals surface area (Å²) in [4.78, 5) is 11.3. The molecular weight excluding hydrogens is 188 g/mol. The summed E-state index contributed by atoms with van der Waals surface area (Å²) in [5.41, 5.74) is 0.101. The van der Waals surface area contributed by atoms with Crippen LogP contribution in [-0.4, -0.2) is 12.1 Å². The number of cyclic esters (lactones) is 1. The van der Waals surface area contributed by atoms with Crippen molar-refractivity contribution in [2.75, 3.05) is 0 Å². The number of unbranched alkanes of at least 4 members (excludes halogenated alkanes) is 3. The topological polar surface area (TPSA) is 26.3 Å². The summed E-state index contributed by atoms with van der Waals surface area (Å²) in [6, 6.07) is 0. The summed E-state index contributed by atoms with van der Waals surface area (Å²) < 4.78 is 5.23. The second-order valence-electron chi connectivity index (χ2n) is 5.68. The Morgan fingerprint density at radius 3 is 2.33 bits per heavy atom. The molecular formula is C13H24O2. The van der Waals surface area contributed by atoms with E-state index in [0.717, 1.165) is 6.42 Å².